The molecule has 0 saturated heterocycles. The third-order valence-electron chi connectivity index (χ3n) is 3.49. The van der Waals surface area contributed by atoms with Gasteiger partial charge in [0.15, 0.2) is 0 Å². The minimum atomic E-state index is 0.0106. The van der Waals surface area contributed by atoms with Gasteiger partial charge >= 0.3 is 0 Å². The van der Waals surface area contributed by atoms with Gasteiger partial charge in [0.1, 0.15) is 16.5 Å². The molecule has 21 heavy (non-hydrogen) atoms. The lowest BCUT2D eigenvalue weighted by molar-refractivity contribution is 0.392. The van der Waals surface area contributed by atoms with E-state index in [4.69, 9.17) is 21.1 Å². The number of ether oxygens (including phenoxy) is 2. The number of rotatable bonds is 4. The van der Waals surface area contributed by atoms with Crippen LogP contribution < -0.4 is 9.47 Å². The van der Waals surface area contributed by atoms with E-state index in [0.29, 0.717) is 16.5 Å². The number of aryl methyl sites for hydroxylation is 2. The molecule has 4 heteroatoms. The summed E-state index contributed by atoms with van der Waals surface area (Å²) in [5.41, 5.74) is 4.65. The predicted octanol–water partition coefficient (Wildman–Crippen LogP) is 5.46. The summed E-state index contributed by atoms with van der Waals surface area (Å²) in [6.07, 6.45) is 0. The third-order valence-corrected chi connectivity index (χ3v) is 4.83. The fourth-order valence-corrected chi connectivity index (χ4v) is 3.60. The molecule has 0 aliphatic rings. The summed E-state index contributed by atoms with van der Waals surface area (Å²) in [7, 11) is 3.21. The van der Waals surface area contributed by atoms with Crippen LogP contribution in [0, 0.1) is 13.8 Å². The van der Waals surface area contributed by atoms with Crippen molar-refractivity contribution in [1.82, 2.24) is 0 Å². The van der Waals surface area contributed by atoms with Gasteiger partial charge in [0.05, 0.1) is 19.0 Å². The zero-order valence-corrected chi connectivity index (χ0v) is 14.9. The van der Waals surface area contributed by atoms with Gasteiger partial charge in [-0.3, -0.25) is 0 Å². The molecule has 0 aliphatic heterocycles. The van der Waals surface area contributed by atoms with Crippen LogP contribution in [0.3, 0.4) is 0 Å². The SMILES string of the molecule is COc1ccc(C(Br)c2ccc(C)cc2C)c(OC)c1Cl. The normalized spacial score (nSPS) is 12.1. The van der Waals surface area contributed by atoms with Gasteiger partial charge < -0.3 is 9.47 Å². The van der Waals surface area contributed by atoms with Crippen molar-refractivity contribution >= 4 is 27.5 Å². The number of methoxy groups -OCH3 is 2. The molecule has 0 fully saturated rings. The third kappa shape index (κ3) is 3.19. The van der Waals surface area contributed by atoms with Crippen molar-refractivity contribution in [1.29, 1.82) is 0 Å². The summed E-state index contributed by atoms with van der Waals surface area (Å²) in [6, 6.07) is 10.2. The van der Waals surface area contributed by atoms with Gasteiger partial charge in [0.2, 0.25) is 0 Å². The molecule has 1 unspecified atom stereocenters. The van der Waals surface area contributed by atoms with Gasteiger partial charge in [-0.1, -0.05) is 57.4 Å². The Hall–Kier alpha value is -1.19. The summed E-state index contributed by atoms with van der Waals surface area (Å²) in [5.74, 6) is 1.25. The first-order valence-electron chi connectivity index (χ1n) is 6.61. The molecular formula is C17H18BrClO2. The number of hydrogen-bond acceptors (Lipinski definition) is 2. The van der Waals surface area contributed by atoms with E-state index in [1.165, 1.54) is 16.7 Å². The van der Waals surface area contributed by atoms with Crippen LogP contribution in [0.2, 0.25) is 5.02 Å². The van der Waals surface area contributed by atoms with Gasteiger partial charge in [-0.2, -0.15) is 0 Å². The first-order valence-corrected chi connectivity index (χ1v) is 7.90. The molecule has 0 saturated carbocycles. The highest BCUT2D eigenvalue weighted by Gasteiger charge is 2.21. The lowest BCUT2D eigenvalue weighted by Gasteiger charge is -2.19. The summed E-state index contributed by atoms with van der Waals surface area (Å²) in [5, 5.41) is 0.492. The highest BCUT2D eigenvalue weighted by atomic mass is 79.9. The molecule has 2 aromatic carbocycles. The zero-order valence-electron chi connectivity index (χ0n) is 12.5. The maximum absolute atomic E-state index is 6.34. The van der Waals surface area contributed by atoms with E-state index in [2.05, 4.69) is 48.0 Å². The molecule has 0 amide bonds. The Morgan fingerprint density at radius 1 is 1.00 bits per heavy atom. The molecule has 0 aliphatic carbocycles. The molecule has 2 aromatic rings. The van der Waals surface area contributed by atoms with E-state index in [-0.39, 0.29) is 4.83 Å². The maximum Gasteiger partial charge on any atom is 0.145 e. The Balaban J connectivity index is 2.52. The minimum absolute atomic E-state index is 0.0106. The van der Waals surface area contributed by atoms with Crippen LogP contribution >= 0.6 is 27.5 Å². The molecule has 0 aromatic heterocycles. The highest BCUT2D eigenvalue weighted by Crippen LogP contribution is 2.44. The topological polar surface area (TPSA) is 18.5 Å². The minimum Gasteiger partial charge on any atom is -0.495 e. The average Bonchev–Trinajstić information content (AvgIpc) is 2.46. The van der Waals surface area contributed by atoms with Gasteiger partial charge in [0, 0.05) is 5.56 Å². The summed E-state index contributed by atoms with van der Waals surface area (Å²) >= 11 is 10.1. The van der Waals surface area contributed by atoms with Crippen LogP contribution in [0.4, 0.5) is 0 Å². The van der Waals surface area contributed by atoms with Crippen LogP contribution in [0.15, 0.2) is 30.3 Å². The summed E-state index contributed by atoms with van der Waals surface area (Å²) in [4.78, 5) is 0.0106. The summed E-state index contributed by atoms with van der Waals surface area (Å²) in [6.45, 7) is 4.19. The number of halogens is 2. The second kappa shape index (κ2) is 6.71. The standard InChI is InChI=1S/C17H18BrClO2/c1-10-5-6-12(11(2)9-10)15(18)13-7-8-14(20-3)16(19)17(13)21-4/h5-9,15H,1-4H3. The smallest absolute Gasteiger partial charge is 0.145 e. The lowest BCUT2D eigenvalue weighted by atomic mass is 9.98. The Morgan fingerprint density at radius 2 is 1.67 bits per heavy atom. The van der Waals surface area contributed by atoms with Gasteiger partial charge in [-0.05, 0) is 31.0 Å². The van der Waals surface area contributed by atoms with Crippen molar-refractivity contribution in [3.05, 3.63) is 57.6 Å². The monoisotopic (exact) mass is 368 g/mol. The Bertz CT molecular complexity index is 655. The molecular weight excluding hydrogens is 352 g/mol. The number of alkyl halides is 1. The second-order valence-electron chi connectivity index (χ2n) is 4.93. The van der Waals surface area contributed by atoms with Crippen molar-refractivity contribution in [3.8, 4) is 11.5 Å². The molecule has 2 rings (SSSR count). The van der Waals surface area contributed by atoms with Gasteiger partial charge in [-0.15, -0.1) is 0 Å². The molecule has 0 spiro atoms. The molecule has 112 valence electrons. The van der Waals surface area contributed by atoms with Crippen LogP contribution in [0.25, 0.3) is 0 Å². The Morgan fingerprint density at radius 3 is 2.24 bits per heavy atom. The van der Waals surface area contributed by atoms with Crippen molar-refractivity contribution in [2.75, 3.05) is 14.2 Å². The van der Waals surface area contributed by atoms with Crippen LogP contribution in [0.5, 0.6) is 11.5 Å². The Labute approximate surface area is 139 Å². The molecule has 1 atom stereocenters. The Kier molecular flexibility index (Phi) is 5.17. The maximum atomic E-state index is 6.34. The molecule has 0 heterocycles. The first kappa shape index (κ1) is 16.2. The van der Waals surface area contributed by atoms with Crippen LogP contribution in [-0.2, 0) is 0 Å². The van der Waals surface area contributed by atoms with Crippen molar-refractivity contribution in [2.24, 2.45) is 0 Å². The van der Waals surface area contributed by atoms with E-state index in [9.17, 15) is 0 Å². The molecule has 0 bridgehead atoms. The largest absolute Gasteiger partial charge is 0.495 e. The van der Waals surface area contributed by atoms with Crippen LogP contribution in [-0.4, -0.2) is 14.2 Å². The lowest BCUT2D eigenvalue weighted by Crippen LogP contribution is -2.01. The van der Waals surface area contributed by atoms with E-state index in [0.717, 1.165) is 5.56 Å². The quantitative estimate of drug-likeness (QED) is 0.666. The zero-order chi connectivity index (χ0) is 15.6. The predicted molar refractivity (Wildman–Crippen MR) is 91.2 cm³/mol. The highest BCUT2D eigenvalue weighted by molar-refractivity contribution is 9.09. The average molecular weight is 370 g/mol. The van der Waals surface area contributed by atoms with Crippen molar-refractivity contribution in [3.63, 3.8) is 0 Å². The van der Waals surface area contributed by atoms with E-state index < -0.39 is 0 Å². The number of hydrogen-bond donors (Lipinski definition) is 0. The van der Waals surface area contributed by atoms with Crippen molar-refractivity contribution in [2.45, 2.75) is 18.7 Å². The van der Waals surface area contributed by atoms with E-state index >= 15 is 0 Å². The van der Waals surface area contributed by atoms with Gasteiger partial charge in [0.25, 0.3) is 0 Å². The molecule has 0 N–H and O–H groups in total. The molecule has 2 nitrogen and oxygen atoms in total. The fourth-order valence-electron chi connectivity index (χ4n) is 2.40. The second-order valence-corrected chi connectivity index (χ2v) is 6.22. The van der Waals surface area contributed by atoms with Gasteiger partial charge in [-0.25, -0.2) is 0 Å². The van der Waals surface area contributed by atoms with Crippen LogP contribution in [0.1, 0.15) is 27.1 Å². The summed E-state index contributed by atoms with van der Waals surface area (Å²) < 4.78 is 10.7. The number of benzene rings is 2. The van der Waals surface area contributed by atoms with E-state index in [1.807, 2.05) is 12.1 Å². The molecule has 0 radical (unpaired) electrons. The van der Waals surface area contributed by atoms with Crippen molar-refractivity contribution < 1.29 is 9.47 Å². The first-order chi connectivity index (χ1) is 9.99. The van der Waals surface area contributed by atoms with E-state index in [1.54, 1.807) is 14.2 Å². The fraction of sp³-hybridized carbons (Fsp3) is 0.294.